The summed E-state index contributed by atoms with van der Waals surface area (Å²) in [5.74, 6) is -0.855. The lowest BCUT2D eigenvalue weighted by Gasteiger charge is -2.06. The fourth-order valence-electron chi connectivity index (χ4n) is 5.47. The zero-order valence-corrected chi connectivity index (χ0v) is 32.1. The number of rotatable bonds is 33. The molecule has 5 heteroatoms. The lowest BCUT2D eigenvalue weighted by molar-refractivity contribution is -0.137. The van der Waals surface area contributed by atoms with Crippen molar-refractivity contribution < 1.29 is 24.5 Å². The number of carboxylic acid groups (broad SMARTS) is 2. The molecule has 0 saturated heterocycles. The molecule has 1 aromatic rings. The zero-order chi connectivity index (χ0) is 36.6. The van der Waals surface area contributed by atoms with Crippen molar-refractivity contribution in [2.75, 3.05) is 6.61 Å². The SMILES string of the molecule is CCCCC/C=C\C/C=C\C/C=C\C/C=C\CCCC(=O)O.CCCCCCCCCCCCCCCCCCOc1ccc(C(=O)O)cc1. The first-order valence-electron chi connectivity index (χ1n) is 20.3. The van der Waals surface area contributed by atoms with Gasteiger partial charge in [-0.1, -0.05) is 172 Å². The second kappa shape index (κ2) is 38.7. The molecule has 0 saturated carbocycles. The molecular formula is C45H74O5. The molecule has 0 amide bonds. The number of aromatic carboxylic acids is 1. The summed E-state index contributed by atoms with van der Waals surface area (Å²) >= 11 is 0. The normalized spacial score (nSPS) is 11.6. The monoisotopic (exact) mass is 695 g/mol. The predicted octanol–water partition coefficient (Wildman–Crippen LogP) is 14.2. The second-order valence-electron chi connectivity index (χ2n) is 13.4. The topological polar surface area (TPSA) is 83.8 Å². The van der Waals surface area contributed by atoms with Crippen LogP contribution in [0.1, 0.15) is 191 Å². The van der Waals surface area contributed by atoms with E-state index in [0.29, 0.717) is 12.2 Å². The fourth-order valence-corrected chi connectivity index (χ4v) is 5.47. The van der Waals surface area contributed by atoms with Crippen LogP contribution < -0.4 is 4.74 Å². The molecule has 0 aliphatic carbocycles. The third-order valence-corrected chi connectivity index (χ3v) is 8.59. The predicted molar refractivity (Wildman–Crippen MR) is 214 cm³/mol. The number of hydrogen-bond acceptors (Lipinski definition) is 3. The number of unbranched alkanes of at least 4 members (excludes halogenated alkanes) is 19. The standard InChI is InChI=1S/C25H42O3.C20H32O2/c1-2-3-4-5-6-7-8-9-10-11-12-13-14-15-16-17-22-28-24-20-18-23(19-21-24)25(26)27;1-2-3-4-5-6-7-8-9-10-11-12-13-14-15-16-17-18-19-20(21)22/h18-21H,2-17,22H2,1H3,(H,26,27);6-7,9-10,12-13,15-16H,2-5,8,11,14,17-19H2,1H3,(H,21,22)/b;7-6-,10-9-,13-12-,16-15-. The first-order valence-corrected chi connectivity index (χ1v) is 20.3. The molecule has 0 atom stereocenters. The molecule has 0 heterocycles. The average molecular weight is 695 g/mol. The van der Waals surface area contributed by atoms with E-state index >= 15 is 0 Å². The van der Waals surface area contributed by atoms with Gasteiger partial charge in [0.2, 0.25) is 0 Å². The molecule has 0 fully saturated rings. The molecule has 0 aliphatic heterocycles. The Balaban J connectivity index is 0.000000991. The van der Waals surface area contributed by atoms with E-state index in [4.69, 9.17) is 14.9 Å². The number of carbonyl (C=O) groups is 2. The number of aliphatic carboxylic acids is 1. The minimum absolute atomic E-state index is 0.262. The van der Waals surface area contributed by atoms with Crippen LogP contribution in [0.4, 0.5) is 0 Å². The largest absolute Gasteiger partial charge is 0.494 e. The van der Waals surface area contributed by atoms with Gasteiger partial charge >= 0.3 is 11.9 Å². The highest BCUT2D eigenvalue weighted by Gasteiger charge is 2.02. The average Bonchev–Trinajstić information content (AvgIpc) is 3.11. The maximum absolute atomic E-state index is 10.8. The van der Waals surface area contributed by atoms with Crippen molar-refractivity contribution in [2.24, 2.45) is 0 Å². The Morgan fingerprint density at radius 2 is 0.880 bits per heavy atom. The second-order valence-corrected chi connectivity index (χ2v) is 13.4. The maximum atomic E-state index is 10.8. The highest BCUT2D eigenvalue weighted by atomic mass is 16.5. The van der Waals surface area contributed by atoms with Crippen molar-refractivity contribution in [1.29, 1.82) is 0 Å². The number of hydrogen-bond donors (Lipinski definition) is 2. The van der Waals surface area contributed by atoms with Crippen LogP contribution in [0.2, 0.25) is 0 Å². The van der Waals surface area contributed by atoms with Crippen molar-refractivity contribution in [2.45, 2.75) is 181 Å². The van der Waals surface area contributed by atoms with Gasteiger partial charge in [0.1, 0.15) is 5.75 Å². The maximum Gasteiger partial charge on any atom is 0.335 e. The Labute approximate surface area is 307 Å². The molecule has 5 nitrogen and oxygen atoms in total. The molecule has 0 unspecified atom stereocenters. The molecule has 0 spiro atoms. The van der Waals surface area contributed by atoms with E-state index in [-0.39, 0.29) is 6.42 Å². The molecule has 0 bridgehead atoms. The van der Waals surface area contributed by atoms with Gasteiger partial charge < -0.3 is 14.9 Å². The van der Waals surface area contributed by atoms with Crippen molar-refractivity contribution in [3.63, 3.8) is 0 Å². The molecule has 0 aliphatic rings. The Bertz CT molecular complexity index is 1000. The minimum Gasteiger partial charge on any atom is -0.494 e. The summed E-state index contributed by atoms with van der Waals surface area (Å²) in [6.45, 7) is 5.22. The van der Waals surface area contributed by atoms with Gasteiger partial charge in [-0.2, -0.15) is 0 Å². The van der Waals surface area contributed by atoms with Gasteiger partial charge in [-0.3, -0.25) is 4.79 Å². The first kappa shape index (κ1) is 46.9. The molecule has 50 heavy (non-hydrogen) atoms. The highest BCUT2D eigenvalue weighted by molar-refractivity contribution is 5.87. The third-order valence-electron chi connectivity index (χ3n) is 8.59. The van der Waals surface area contributed by atoms with Gasteiger partial charge in [-0.25, -0.2) is 4.79 Å². The van der Waals surface area contributed by atoms with E-state index in [2.05, 4.69) is 62.5 Å². The summed E-state index contributed by atoms with van der Waals surface area (Å²) in [6.07, 6.45) is 49.2. The quantitative estimate of drug-likeness (QED) is 0.0565. The Morgan fingerprint density at radius 3 is 1.30 bits per heavy atom. The van der Waals surface area contributed by atoms with E-state index in [0.717, 1.165) is 44.3 Å². The van der Waals surface area contributed by atoms with Crippen LogP contribution in [-0.4, -0.2) is 28.8 Å². The smallest absolute Gasteiger partial charge is 0.335 e. The van der Waals surface area contributed by atoms with E-state index in [1.807, 2.05) is 0 Å². The van der Waals surface area contributed by atoms with E-state index < -0.39 is 11.9 Å². The van der Waals surface area contributed by atoms with Gasteiger partial charge in [0.15, 0.2) is 0 Å². The van der Waals surface area contributed by atoms with Crippen molar-refractivity contribution in [3.8, 4) is 5.75 Å². The lowest BCUT2D eigenvalue weighted by Crippen LogP contribution is -1.99. The summed E-state index contributed by atoms with van der Waals surface area (Å²) < 4.78 is 5.67. The zero-order valence-electron chi connectivity index (χ0n) is 32.1. The fraction of sp³-hybridized carbons (Fsp3) is 0.644. The van der Waals surface area contributed by atoms with Gasteiger partial charge in [0.05, 0.1) is 12.2 Å². The van der Waals surface area contributed by atoms with Gasteiger partial charge in [0, 0.05) is 6.42 Å². The number of ether oxygens (including phenoxy) is 1. The number of allylic oxidation sites excluding steroid dienone is 8. The Hall–Kier alpha value is -3.08. The van der Waals surface area contributed by atoms with Gasteiger partial charge in [-0.05, 0) is 75.6 Å². The first-order chi connectivity index (χ1) is 24.5. The third kappa shape index (κ3) is 36.2. The summed E-state index contributed by atoms with van der Waals surface area (Å²) in [5.41, 5.74) is 0.301. The minimum atomic E-state index is -0.899. The number of carboxylic acids is 2. The van der Waals surface area contributed by atoms with Crippen LogP contribution in [0.3, 0.4) is 0 Å². The molecular weight excluding hydrogens is 620 g/mol. The van der Waals surface area contributed by atoms with E-state index in [9.17, 15) is 9.59 Å². The van der Waals surface area contributed by atoms with Gasteiger partial charge in [-0.15, -0.1) is 0 Å². The van der Waals surface area contributed by atoms with Crippen molar-refractivity contribution in [1.82, 2.24) is 0 Å². The van der Waals surface area contributed by atoms with Crippen LogP contribution >= 0.6 is 0 Å². The van der Waals surface area contributed by atoms with Crippen molar-refractivity contribution >= 4 is 11.9 Å². The van der Waals surface area contributed by atoms with E-state index in [1.54, 1.807) is 24.3 Å². The van der Waals surface area contributed by atoms with E-state index in [1.165, 1.54) is 122 Å². The summed E-state index contributed by atoms with van der Waals surface area (Å²) in [6, 6.07) is 6.64. The number of benzene rings is 1. The van der Waals surface area contributed by atoms with Crippen LogP contribution in [0.15, 0.2) is 72.9 Å². The molecule has 1 aromatic carbocycles. The molecule has 284 valence electrons. The lowest BCUT2D eigenvalue weighted by atomic mass is 10.0. The van der Waals surface area contributed by atoms with Crippen molar-refractivity contribution in [3.05, 3.63) is 78.4 Å². The van der Waals surface area contributed by atoms with Crippen LogP contribution in [0.5, 0.6) is 5.75 Å². The molecule has 0 radical (unpaired) electrons. The highest BCUT2D eigenvalue weighted by Crippen LogP contribution is 2.15. The molecule has 0 aromatic heterocycles. The summed E-state index contributed by atoms with van der Waals surface area (Å²) in [5, 5.41) is 17.4. The summed E-state index contributed by atoms with van der Waals surface area (Å²) in [7, 11) is 0. The summed E-state index contributed by atoms with van der Waals surface area (Å²) in [4.78, 5) is 21.1. The Kier molecular flexibility index (Phi) is 36.3. The van der Waals surface area contributed by atoms with Crippen LogP contribution in [-0.2, 0) is 4.79 Å². The van der Waals surface area contributed by atoms with Crippen LogP contribution in [0.25, 0.3) is 0 Å². The molecule has 2 N–H and O–H groups in total. The Morgan fingerprint density at radius 1 is 0.500 bits per heavy atom. The molecule has 1 rings (SSSR count). The van der Waals surface area contributed by atoms with Crippen LogP contribution in [0, 0.1) is 0 Å². The van der Waals surface area contributed by atoms with Gasteiger partial charge in [0.25, 0.3) is 0 Å².